The van der Waals surface area contributed by atoms with E-state index in [4.69, 9.17) is 9.47 Å². The van der Waals surface area contributed by atoms with Gasteiger partial charge in [0, 0.05) is 6.08 Å². The van der Waals surface area contributed by atoms with Crippen LogP contribution in [0.4, 0.5) is 0 Å². The minimum atomic E-state index is -0.305. The number of methoxy groups -OCH3 is 1. The number of hydrogen-bond donors (Lipinski definition) is 0. The first-order chi connectivity index (χ1) is 12.3. The Morgan fingerprint density at radius 1 is 1.27 bits per heavy atom. The Labute approximate surface area is 157 Å². The van der Waals surface area contributed by atoms with Gasteiger partial charge in [0.1, 0.15) is 5.75 Å². The van der Waals surface area contributed by atoms with Crippen molar-refractivity contribution >= 4 is 11.5 Å². The summed E-state index contributed by atoms with van der Waals surface area (Å²) in [4.78, 5) is 11.4. The van der Waals surface area contributed by atoms with Crippen LogP contribution in [-0.2, 0) is 21.4 Å². The van der Waals surface area contributed by atoms with E-state index in [1.807, 2.05) is 19.1 Å². The molecule has 1 aliphatic rings. The first kappa shape index (κ1) is 20.0. The molecular formula is C23H30O3. The van der Waals surface area contributed by atoms with Crippen molar-refractivity contribution in [2.75, 3.05) is 13.7 Å². The van der Waals surface area contributed by atoms with Crippen LogP contribution in [0.2, 0.25) is 0 Å². The molecule has 0 spiro atoms. The summed E-state index contributed by atoms with van der Waals surface area (Å²) >= 11 is 0. The molecule has 0 radical (unpaired) electrons. The van der Waals surface area contributed by atoms with Gasteiger partial charge in [0.05, 0.1) is 13.7 Å². The third kappa shape index (κ3) is 4.66. The summed E-state index contributed by atoms with van der Waals surface area (Å²) in [6.07, 6.45) is 9.67. The molecular weight excluding hydrogens is 324 g/mol. The van der Waals surface area contributed by atoms with Crippen molar-refractivity contribution in [1.29, 1.82) is 0 Å². The maximum Gasteiger partial charge on any atom is 0.330 e. The number of carbonyl (C=O) groups excluding carboxylic acids is 1. The Bertz CT molecular complexity index is 764. The zero-order chi connectivity index (χ0) is 19.3. The average Bonchev–Trinajstić information content (AvgIpc) is 2.89. The summed E-state index contributed by atoms with van der Waals surface area (Å²) in [5.74, 6) is 0.680. The van der Waals surface area contributed by atoms with Crippen molar-refractivity contribution in [3.8, 4) is 5.75 Å². The lowest BCUT2D eigenvalue weighted by molar-refractivity contribution is -0.137. The zero-order valence-electron chi connectivity index (χ0n) is 16.8. The molecule has 0 aliphatic heterocycles. The van der Waals surface area contributed by atoms with Crippen LogP contribution in [0.15, 0.2) is 42.0 Å². The van der Waals surface area contributed by atoms with Gasteiger partial charge in [-0.05, 0) is 72.9 Å². The first-order valence-corrected chi connectivity index (χ1v) is 9.20. The van der Waals surface area contributed by atoms with Crippen LogP contribution in [0.1, 0.15) is 57.7 Å². The van der Waals surface area contributed by atoms with Crippen molar-refractivity contribution in [2.24, 2.45) is 0 Å². The number of ether oxygens (including phenoxy) is 2. The highest BCUT2D eigenvalue weighted by molar-refractivity contribution is 5.83. The Morgan fingerprint density at radius 2 is 2.00 bits per heavy atom. The van der Waals surface area contributed by atoms with E-state index in [0.717, 1.165) is 29.7 Å². The summed E-state index contributed by atoms with van der Waals surface area (Å²) in [7, 11) is 1.74. The lowest BCUT2D eigenvalue weighted by atomic mass is 9.85. The van der Waals surface area contributed by atoms with Crippen molar-refractivity contribution < 1.29 is 14.3 Å². The van der Waals surface area contributed by atoms with E-state index >= 15 is 0 Å². The van der Waals surface area contributed by atoms with Crippen LogP contribution in [0.3, 0.4) is 0 Å². The molecule has 3 nitrogen and oxygen atoms in total. The molecule has 0 heterocycles. The fraction of sp³-hybridized carbons (Fsp3) is 0.435. The third-order valence-corrected chi connectivity index (χ3v) is 4.95. The lowest BCUT2D eigenvalue weighted by Gasteiger charge is -2.20. The monoisotopic (exact) mass is 354 g/mol. The van der Waals surface area contributed by atoms with Crippen molar-refractivity contribution in [3.05, 3.63) is 58.7 Å². The van der Waals surface area contributed by atoms with Crippen LogP contribution in [0.5, 0.6) is 5.75 Å². The highest BCUT2D eigenvalue weighted by atomic mass is 16.5. The van der Waals surface area contributed by atoms with Gasteiger partial charge in [-0.2, -0.15) is 0 Å². The maximum absolute atomic E-state index is 11.4. The van der Waals surface area contributed by atoms with Gasteiger partial charge < -0.3 is 9.47 Å². The average molecular weight is 354 g/mol. The number of carbonyl (C=O) groups is 1. The summed E-state index contributed by atoms with van der Waals surface area (Å²) in [6, 6.07) is 4.42. The quantitative estimate of drug-likeness (QED) is 0.390. The van der Waals surface area contributed by atoms with Gasteiger partial charge in [0.2, 0.25) is 0 Å². The highest BCUT2D eigenvalue weighted by Crippen LogP contribution is 2.43. The van der Waals surface area contributed by atoms with Gasteiger partial charge in [0.15, 0.2) is 0 Å². The molecule has 26 heavy (non-hydrogen) atoms. The molecule has 0 unspecified atom stereocenters. The predicted molar refractivity (Wildman–Crippen MR) is 108 cm³/mol. The van der Waals surface area contributed by atoms with E-state index in [-0.39, 0.29) is 11.4 Å². The van der Waals surface area contributed by atoms with Crippen molar-refractivity contribution in [1.82, 2.24) is 0 Å². The van der Waals surface area contributed by atoms with Gasteiger partial charge in [0.25, 0.3) is 0 Å². The van der Waals surface area contributed by atoms with Gasteiger partial charge in [-0.3, -0.25) is 0 Å². The molecule has 0 atom stereocenters. The van der Waals surface area contributed by atoms with Crippen LogP contribution in [-0.4, -0.2) is 19.7 Å². The van der Waals surface area contributed by atoms with Crippen molar-refractivity contribution in [2.45, 2.75) is 52.9 Å². The van der Waals surface area contributed by atoms with E-state index in [2.05, 4.69) is 39.0 Å². The SMILES string of the molecule is CCOC(=O)/C=C(C)/C=C/C=C(\C)c1cc(OC)c2c(c1)C(C)(C)CC2. The lowest BCUT2D eigenvalue weighted by Crippen LogP contribution is -2.12. The molecule has 0 N–H and O–H groups in total. The second-order valence-corrected chi connectivity index (χ2v) is 7.44. The van der Waals surface area contributed by atoms with E-state index < -0.39 is 0 Å². The van der Waals surface area contributed by atoms with E-state index in [0.29, 0.717) is 6.61 Å². The number of fused-ring (bicyclic) bond motifs is 1. The molecule has 1 aromatic rings. The largest absolute Gasteiger partial charge is 0.496 e. The minimum absolute atomic E-state index is 0.188. The summed E-state index contributed by atoms with van der Waals surface area (Å²) in [5, 5.41) is 0. The molecule has 1 aromatic carbocycles. The van der Waals surface area contributed by atoms with Crippen LogP contribution >= 0.6 is 0 Å². The standard InChI is InChI=1S/C23H30O3/c1-7-26-22(24)13-16(2)9-8-10-17(3)18-14-20-19(21(15-18)25-6)11-12-23(20,4)5/h8-10,13-15H,7,11-12H2,1-6H3/b9-8+,16-13+,17-10+. The maximum atomic E-state index is 11.4. The van der Waals surface area contributed by atoms with Gasteiger partial charge in [-0.25, -0.2) is 4.79 Å². The Hall–Kier alpha value is -2.29. The smallest absolute Gasteiger partial charge is 0.330 e. The van der Waals surface area contributed by atoms with E-state index in [1.54, 1.807) is 14.0 Å². The molecule has 2 rings (SSSR count). The van der Waals surface area contributed by atoms with Crippen molar-refractivity contribution in [3.63, 3.8) is 0 Å². The topological polar surface area (TPSA) is 35.5 Å². The molecule has 0 fully saturated rings. The Kier molecular flexibility index (Phi) is 6.47. The molecule has 0 saturated carbocycles. The fourth-order valence-corrected chi connectivity index (χ4v) is 3.35. The molecule has 0 saturated heterocycles. The van der Waals surface area contributed by atoms with Crippen LogP contribution < -0.4 is 4.74 Å². The molecule has 1 aliphatic carbocycles. The number of allylic oxidation sites excluding steroid dienone is 5. The van der Waals surface area contributed by atoms with Crippen LogP contribution in [0, 0.1) is 0 Å². The predicted octanol–water partition coefficient (Wildman–Crippen LogP) is 5.39. The van der Waals surface area contributed by atoms with Gasteiger partial charge in [-0.1, -0.05) is 38.1 Å². The van der Waals surface area contributed by atoms with E-state index in [1.165, 1.54) is 22.8 Å². The summed E-state index contributed by atoms with van der Waals surface area (Å²) < 4.78 is 10.6. The third-order valence-electron chi connectivity index (χ3n) is 4.95. The van der Waals surface area contributed by atoms with Gasteiger partial charge in [-0.15, -0.1) is 0 Å². The molecule has 0 amide bonds. The van der Waals surface area contributed by atoms with Gasteiger partial charge >= 0.3 is 5.97 Å². The minimum Gasteiger partial charge on any atom is -0.496 e. The molecule has 3 heteroatoms. The van der Waals surface area contributed by atoms with E-state index in [9.17, 15) is 4.79 Å². The van der Waals surface area contributed by atoms with Crippen LogP contribution in [0.25, 0.3) is 5.57 Å². The number of hydrogen-bond acceptors (Lipinski definition) is 3. The second-order valence-electron chi connectivity index (χ2n) is 7.44. The fourth-order valence-electron chi connectivity index (χ4n) is 3.35. The second kappa shape index (κ2) is 8.39. The highest BCUT2D eigenvalue weighted by Gasteiger charge is 2.32. The Balaban J connectivity index is 2.24. The summed E-state index contributed by atoms with van der Waals surface area (Å²) in [6.45, 7) is 10.8. The number of esters is 1. The summed E-state index contributed by atoms with van der Waals surface area (Å²) in [5.41, 5.74) is 6.12. The Morgan fingerprint density at radius 3 is 2.65 bits per heavy atom. The molecule has 0 bridgehead atoms. The normalized spacial score (nSPS) is 16.7. The number of benzene rings is 1. The number of rotatable bonds is 6. The first-order valence-electron chi connectivity index (χ1n) is 9.20. The zero-order valence-corrected chi connectivity index (χ0v) is 16.8. The molecule has 0 aromatic heterocycles. The molecule has 140 valence electrons.